The van der Waals surface area contributed by atoms with Crippen molar-refractivity contribution in [3.8, 4) is 0 Å². The van der Waals surface area contributed by atoms with Gasteiger partial charge in [0.15, 0.2) is 17.3 Å². The first kappa shape index (κ1) is 19.9. The van der Waals surface area contributed by atoms with Crippen LogP contribution in [0.5, 0.6) is 0 Å². The summed E-state index contributed by atoms with van der Waals surface area (Å²) < 4.78 is 0. The number of ketones is 3. The summed E-state index contributed by atoms with van der Waals surface area (Å²) >= 11 is 0. The molecule has 1 N–H and O–H groups in total. The average molecular weight is 408 g/mol. The quantitative estimate of drug-likeness (QED) is 0.389. The Morgan fingerprint density at radius 3 is 1.97 bits per heavy atom. The van der Waals surface area contributed by atoms with Gasteiger partial charge in [-0.2, -0.15) is 0 Å². The van der Waals surface area contributed by atoms with Crippen molar-refractivity contribution in [1.82, 2.24) is 0 Å². The van der Waals surface area contributed by atoms with E-state index in [-0.39, 0.29) is 22.9 Å². The van der Waals surface area contributed by atoms with Crippen molar-refractivity contribution in [2.45, 2.75) is 0 Å². The molecule has 0 heterocycles. The Bertz CT molecular complexity index is 1310. The first-order valence-corrected chi connectivity index (χ1v) is 9.51. The summed E-state index contributed by atoms with van der Waals surface area (Å²) in [5.41, 5.74) is 2.56. The number of carbonyl (C=O) groups is 4. The molecule has 0 fully saturated rings. The molecule has 0 radical (unpaired) electrons. The van der Waals surface area contributed by atoms with Gasteiger partial charge < -0.3 is 5.11 Å². The summed E-state index contributed by atoms with van der Waals surface area (Å²) in [6.07, 6.45) is 5.15. The first-order chi connectivity index (χ1) is 15.0. The van der Waals surface area contributed by atoms with Gasteiger partial charge in [-0.1, -0.05) is 72.8 Å². The van der Waals surface area contributed by atoms with E-state index in [1.807, 2.05) is 0 Å². The van der Waals surface area contributed by atoms with Crippen LogP contribution >= 0.6 is 0 Å². The molecule has 0 atom stereocenters. The van der Waals surface area contributed by atoms with Crippen molar-refractivity contribution in [2.75, 3.05) is 0 Å². The molecule has 4 rings (SSSR count). The normalized spacial score (nSPS) is 12.8. The number of hydrogen-bond acceptors (Lipinski definition) is 4. The zero-order valence-electron chi connectivity index (χ0n) is 16.2. The van der Waals surface area contributed by atoms with Crippen LogP contribution in [0.2, 0.25) is 0 Å². The van der Waals surface area contributed by atoms with Crippen molar-refractivity contribution in [2.24, 2.45) is 0 Å². The predicted molar refractivity (Wildman–Crippen MR) is 116 cm³/mol. The molecule has 3 aromatic rings. The highest BCUT2D eigenvalue weighted by Gasteiger charge is 2.30. The third-order valence-electron chi connectivity index (χ3n) is 5.03. The Labute approximate surface area is 178 Å². The van der Waals surface area contributed by atoms with Crippen molar-refractivity contribution in [1.29, 1.82) is 0 Å². The van der Waals surface area contributed by atoms with Crippen LogP contribution in [0.3, 0.4) is 0 Å². The Hall–Kier alpha value is -4.38. The summed E-state index contributed by atoms with van der Waals surface area (Å²) in [6.45, 7) is 0. The summed E-state index contributed by atoms with van der Waals surface area (Å²) in [5.74, 6) is -1.95. The van der Waals surface area contributed by atoms with Gasteiger partial charge >= 0.3 is 5.97 Å². The Morgan fingerprint density at radius 1 is 0.645 bits per heavy atom. The number of benzene rings is 3. The molecule has 0 bridgehead atoms. The topological polar surface area (TPSA) is 88.5 Å². The number of allylic oxidation sites excluding steroid dienone is 1. The van der Waals surface area contributed by atoms with Crippen LogP contribution in [0.1, 0.15) is 53.3 Å². The zero-order chi connectivity index (χ0) is 22.0. The first-order valence-electron chi connectivity index (χ1n) is 9.51. The second kappa shape index (κ2) is 8.16. The molecule has 31 heavy (non-hydrogen) atoms. The number of aliphatic carboxylic acids is 1. The van der Waals surface area contributed by atoms with Gasteiger partial charge in [0.1, 0.15) is 0 Å². The fraction of sp³-hybridized carbons (Fsp3) is 0. The molecule has 5 heteroatoms. The SMILES string of the molecule is O=C(O)/C=C/c1ccccc1C(=O)/C=C/c1cccc2c1C(=O)c1ccccc1C2=O. The monoisotopic (exact) mass is 408 g/mol. The van der Waals surface area contributed by atoms with Gasteiger partial charge in [-0.05, 0) is 23.3 Å². The lowest BCUT2D eigenvalue weighted by molar-refractivity contribution is -0.131. The molecular formula is C26H16O5. The van der Waals surface area contributed by atoms with Crippen molar-refractivity contribution in [3.05, 3.63) is 118 Å². The molecule has 0 spiro atoms. The fourth-order valence-electron chi connectivity index (χ4n) is 3.59. The molecule has 150 valence electrons. The van der Waals surface area contributed by atoms with E-state index in [4.69, 9.17) is 5.11 Å². The molecule has 0 saturated carbocycles. The van der Waals surface area contributed by atoms with Crippen LogP contribution in [0.25, 0.3) is 12.2 Å². The van der Waals surface area contributed by atoms with Gasteiger partial charge in [0.2, 0.25) is 0 Å². The minimum atomic E-state index is -1.11. The number of carboxylic acid groups (broad SMARTS) is 1. The van der Waals surface area contributed by atoms with E-state index >= 15 is 0 Å². The van der Waals surface area contributed by atoms with Crippen LogP contribution < -0.4 is 0 Å². The number of rotatable bonds is 5. The van der Waals surface area contributed by atoms with Gasteiger partial charge in [0.25, 0.3) is 0 Å². The largest absolute Gasteiger partial charge is 0.478 e. The van der Waals surface area contributed by atoms with Crippen molar-refractivity contribution >= 4 is 35.5 Å². The van der Waals surface area contributed by atoms with Crippen LogP contribution in [-0.2, 0) is 4.79 Å². The predicted octanol–water partition coefficient (Wildman–Crippen LogP) is 4.46. The highest BCUT2D eigenvalue weighted by atomic mass is 16.4. The molecule has 0 saturated heterocycles. The maximum Gasteiger partial charge on any atom is 0.328 e. The van der Waals surface area contributed by atoms with Crippen LogP contribution in [0.4, 0.5) is 0 Å². The van der Waals surface area contributed by atoms with E-state index in [1.165, 1.54) is 18.2 Å². The molecule has 1 aliphatic carbocycles. The van der Waals surface area contributed by atoms with E-state index in [1.54, 1.807) is 66.7 Å². The molecule has 1 aliphatic rings. The van der Waals surface area contributed by atoms with E-state index in [0.29, 0.717) is 33.4 Å². The minimum absolute atomic E-state index is 0.226. The van der Waals surface area contributed by atoms with Gasteiger partial charge in [-0.15, -0.1) is 0 Å². The highest BCUT2D eigenvalue weighted by Crippen LogP contribution is 2.30. The van der Waals surface area contributed by atoms with Gasteiger partial charge in [-0.25, -0.2) is 4.79 Å². The molecule has 0 aliphatic heterocycles. The molecule has 0 unspecified atom stereocenters. The van der Waals surface area contributed by atoms with Gasteiger partial charge in [-0.3, -0.25) is 14.4 Å². The number of carbonyl (C=O) groups excluding carboxylic acids is 3. The van der Waals surface area contributed by atoms with Crippen molar-refractivity contribution in [3.63, 3.8) is 0 Å². The highest BCUT2D eigenvalue weighted by molar-refractivity contribution is 6.29. The number of carboxylic acids is 1. The Morgan fingerprint density at radius 2 is 1.23 bits per heavy atom. The van der Waals surface area contributed by atoms with Crippen LogP contribution in [-0.4, -0.2) is 28.4 Å². The van der Waals surface area contributed by atoms with Gasteiger partial charge in [0.05, 0.1) is 0 Å². The van der Waals surface area contributed by atoms with E-state index in [0.717, 1.165) is 6.08 Å². The summed E-state index contributed by atoms with van der Waals surface area (Å²) in [5, 5.41) is 8.84. The zero-order valence-corrected chi connectivity index (χ0v) is 16.2. The number of hydrogen-bond donors (Lipinski definition) is 1. The second-order valence-corrected chi connectivity index (χ2v) is 6.93. The lowest BCUT2D eigenvalue weighted by Gasteiger charge is -2.18. The summed E-state index contributed by atoms with van der Waals surface area (Å²) in [7, 11) is 0. The Kier molecular flexibility index (Phi) is 5.24. The summed E-state index contributed by atoms with van der Waals surface area (Å²) in [6, 6.07) is 18.3. The Balaban J connectivity index is 1.71. The summed E-state index contributed by atoms with van der Waals surface area (Å²) in [4.78, 5) is 49.5. The average Bonchev–Trinajstić information content (AvgIpc) is 2.79. The van der Waals surface area contributed by atoms with Crippen LogP contribution in [0.15, 0.2) is 78.9 Å². The standard InChI is InChI=1S/C26H16O5/c27-22(18-8-2-1-6-16(18)13-15-23(28)29)14-12-17-7-5-11-21-24(17)26(31)20-10-4-3-9-19(20)25(21)30/h1-15H,(H,28,29)/b14-12+,15-13+. The maximum absolute atomic E-state index is 13.1. The lowest BCUT2D eigenvalue weighted by atomic mass is 9.82. The lowest BCUT2D eigenvalue weighted by Crippen LogP contribution is -2.21. The number of fused-ring (bicyclic) bond motifs is 2. The molecule has 0 amide bonds. The molecule has 0 aromatic heterocycles. The minimum Gasteiger partial charge on any atom is -0.478 e. The van der Waals surface area contributed by atoms with Crippen molar-refractivity contribution < 1.29 is 24.3 Å². The van der Waals surface area contributed by atoms with E-state index in [2.05, 4.69) is 0 Å². The molecule has 5 nitrogen and oxygen atoms in total. The van der Waals surface area contributed by atoms with E-state index < -0.39 is 5.97 Å². The molecule has 3 aromatic carbocycles. The molecular weight excluding hydrogens is 392 g/mol. The fourth-order valence-corrected chi connectivity index (χ4v) is 3.59. The maximum atomic E-state index is 13.1. The van der Waals surface area contributed by atoms with E-state index in [9.17, 15) is 19.2 Å². The third kappa shape index (κ3) is 3.76. The van der Waals surface area contributed by atoms with Crippen LogP contribution in [0, 0.1) is 0 Å². The third-order valence-corrected chi connectivity index (χ3v) is 5.03. The van der Waals surface area contributed by atoms with Gasteiger partial charge in [0, 0.05) is 33.9 Å². The smallest absolute Gasteiger partial charge is 0.328 e. The second-order valence-electron chi connectivity index (χ2n) is 6.93.